The van der Waals surface area contributed by atoms with E-state index >= 15 is 0 Å². The fourth-order valence-corrected chi connectivity index (χ4v) is 3.50. The molecule has 0 spiro atoms. The largest absolute Gasteiger partial charge is 0.319 e. The lowest BCUT2D eigenvalue weighted by atomic mass is 9.66. The second kappa shape index (κ2) is 6.04. The molecule has 1 aliphatic rings. The lowest BCUT2D eigenvalue weighted by Crippen LogP contribution is -2.36. The van der Waals surface area contributed by atoms with Crippen LogP contribution in [0.2, 0.25) is 0 Å². The van der Waals surface area contributed by atoms with Crippen molar-refractivity contribution in [3.05, 3.63) is 12.2 Å². The zero-order valence-corrected chi connectivity index (χ0v) is 12.8. The van der Waals surface area contributed by atoms with Crippen molar-refractivity contribution in [2.24, 2.45) is 17.3 Å². The Morgan fingerprint density at radius 1 is 1.42 bits per heavy atom. The van der Waals surface area contributed by atoms with E-state index in [-0.39, 0.29) is 0 Å². The van der Waals surface area contributed by atoms with Crippen LogP contribution in [-0.4, -0.2) is 28.4 Å². The summed E-state index contributed by atoms with van der Waals surface area (Å²) < 4.78 is 2.04. The standard InChI is InChI=1S/C15H28N4/c1-5-19-14(17-11-18-19)8-13-9-15(2,3)7-6-12(13)10-16-4/h11-13,16H,5-10H2,1-4H3. The molecule has 2 atom stereocenters. The van der Waals surface area contributed by atoms with Gasteiger partial charge in [-0.1, -0.05) is 13.8 Å². The Morgan fingerprint density at radius 3 is 2.89 bits per heavy atom. The third-order valence-electron chi connectivity index (χ3n) is 4.58. The maximum atomic E-state index is 4.45. The van der Waals surface area contributed by atoms with E-state index in [0.717, 1.165) is 37.2 Å². The van der Waals surface area contributed by atoms with Gasteiger partial charge in [0.2, 0.25) is 0 Å². The second-order valence-electron chi connectivity index (χ2n) is 6.68. The van der Waals surface area contributed by atoms with Crippen molar-refractivity contribution in [3.8, 4) is 0 Å². The van der Waals surface area contributed by atoms with Gasteiger partial charge in [0, 0.05) is 13.0 Å². The van der Waals surface area contributed by atoms with Gasteiger partial charge < -0.3 is 5.32 Å². The van der Waals surface area contributed by atoms with Crippen LogP contribution in [-0.2, 0) is 13.0 Å². The Hall–Kier alpha value is -0.900. The highest BCUT2D eigenvalue weighted by atomic mass is 15.3. The quantitative estimate of drug-likeness (QED) is 0.888. The van der Waals surface area contributed by atoms with E-state index in [4.69, 9.17) is 0 Å². The monoisotopic (exact) mass is 264 g/mol. The number of hydrogen-bond acceptors (Lipinski definition) is 3. The van der Waals surface area contributed by atoms with Gasteiger partial charge in [-0.05, 0) is 57.0 Å². The van der Waals surface area contributed by atoms with Crippen LogP contribution in [0, 0.1) is 17.3 Å². The minimum absolute atomic E-state index is 0.478. The first kappa shape index (κ1) is 14.5. The number of aryl methyl sites for hydroxylation is 1. The smallest absolute Gasteiger partial charge is 0.138 e. The summed E-state index contributed by atoms with van der Waals surface area (Å²) in [5.74, 6) is 2.66. The van der Waals surface area contributed by atoms with Crippen molar-refractivity contribution in [1.82, 2.24) is 20.1 Å². The van der Waals surface area contributed by atoms with Gasteiger partial charge in [-0.25, -0.2) is 4.98 Å². The van der Waals surface area contributed by atoms with Crippen molar-refractivity contribution in [3.63, 3.8) is 0 Å². The Kier molecular flexibility index (Phi) is 4.61. The fourth-order valence-electron chi connectivity index (χ4n) is 3.50. The van der Waals surface area contributed by atoms with Crippen LogP contribution in [0.15, 0.2) is 6.33 Å². The number of rotatable bonds is 5. The summed E-state index contributed by atoms with van der Waals surface area (Å²) in [5, 5.41) is 7.66. The third-order valence-corrected chi connectivity index (χ3v) is 4.58. The Morgan fingerprint density at radius 2 is 2.21 bits per heavy atom. The average Bonchev–Trinajstić information content (AvgIpc) is 2.79. The minimum Gasteiger partial charge on any atom is -0.319 e. The van der Waals surface area contributed by atoms with E-state index in [1.54, 1.807) is 6.33 Å². The summed E-state index contributed by atoms with van der Waals surface area (Å²) >= 11 is 0. The molecule has 2 unspecified atom stereocenters. The highest BCUT2D eigenvalue weighted by Gasteiger charge is 2.35. The summed E-state index contributed by atoms with van der Waals surface area (Å²) in [6.07, 6.45) is 6.74. The van der Waals surface area contributed by atoms with Crippen molar-refractivity contribution < 1.29 is 0 Å². The zero-order valence-electron chi connectivity index (χ0n) is 12.8. The molecular formula is C15H28N4. The first-order valence-electron chi connectivity index (χ1n) is 7.57. The molecule has 1 aromatic rings. The number of aromatic nitrogens is 3. The second-order valence-corrected chi connectivity index (χ2v) is 6.68. The zero-order chi connectivity index (χ0) is 13.9. The summed E-state index contributed by atoms with van der Waals surface area (Å²) in [5.41, 5.74) is 0.478. The first-order valence-corrected chi connectivity index (χ1v) is 7.57. The van der Waals surface area contributed by atoms with Crippen molar-refractivity contribution in [2.45, 2.75) is 53.0 Å². The van der Waals surface area contributed by atoms with Gasteiger partial charge >= 0.3 is 0 Å². The molecule has 4 heteroatoms. The molecule has 1 aromatic heterocycles. The summed E-state index contributed by atoms with van der Waals surface area (Å²) in [6, 6.07) is 0. The molecule has 0 aliphatic heterocycles. The lowest BCUT2D eigenvalue weighted by Gasteiger charge is -2.40. The van der Waals surface area contributed by atoms with Crippen LogP contribution in [0.25, 0.3) is 0 Å². The summed E-state index contributed by atoms with van der Waals surface area (Å²) in [7, 11) is 2.06. The average molecular weight is 264 g/mol. The van der Waals surface area contributed by atoms with E-state index in [9.17, 15) is 0 Å². The molecule has 1 N–H and O–H groups in total. The van der Waals surface area contributed by atoms with Crippen LogP contribution in [0.4, 0.5) is 0 Å². The highest BCUT2D eigenvalue weighted by Crippen LogP contribution is 2.42. The highest BCUT2D eigenvalue weighted by molar-refractivity contribution is 4.94. The fraction of sp³-hybridized carbons (Fsp3) is 0.867. The van der Waals surface area contributed by atoms with Crippen LogP contribution >= 0.6 is 0 Å². The molecule has 0 radical (unpaired) electrons. The van der Waals surface area contributed by atoms with E-state index in [1.165, 1.54) is 19.3 Å². The van der Waals surface area contributed by atoms with Gasteiger partial charge in [0.05, 0.1) is 0 Å². The van der Waals surface area contributed by atoms with Gasteiger partial charge in [0.15, 0.2) is 0 Å². The molecule has 1 saturated carbocycles. The van der Waals surface area contributed by atoms with E-state index in [1.807, 2.05) is 4.68 Å². The predicted molar refractivity (Wildman–Crippen MR) is 77.9 cm³/mol. The van der Waals surface area contributed by atoms with E-state index in [0.29, 0.717) is 5.41 Å². The molecular weight excluding hydrogens is 236 g/mol. The van der Waals surface area contributed by atoms with Gasteiger partial charge in [-0.2, -0.15) is 5.10 Å². The molecule has 108 valence electrons. The minimum atomic E-state index is 0.478. The third kappa shape index (κ3) is 3.56. The van der Waals surface area contributed by atoms with Gasteiger partial charge in [0.1, 0.15) is 12.2 Å². The van der Waals surface area contributed by atoms with Crippen molar-refractivity contribution >= 4 is 0 Å². The van der Waals surface area contributed by atoms with Crippen molar-refractivity contribution in [2.75, 3.05) is 13.6 Å². The molecule has 0 amide bonds. The maximum Gasteiger partial charge on any atom is 0.138 e. The molecule has 0 aromatic carbocycles. The van der Waals surface area contributed by atoms with Gasteiger partial charge in [-0.3, -0.25) is 4.68 Å². The lowest BCUT2D eigenvalue weighted by molar-refractivity contribution is 0.115. The molecule has 1 fully saturated rings. The summed E-state index contributed by atoms with van der Waals surface area (Å²) in [6.45, 7) is 8.98. The summed E-state index contributed by atoms with van der Waals surface area (Å²) in [4.78, 5) is 4.45. The number of nitrogens with zero attached hydrogens (tertiary/aromatic N) is 3. The molecule has 0 bridgehead atoms. The van der Waals surface area contributed by atoms with Crippen LogP contribution < -0.4 is 5.32 Å². The Bertz CT molecular complexity index is 397. The predicted octanol–water partition coefficient (Wildman–Crippen LogP) is 2.50. The number of hydrogen-bond donors (Lipinski definition) is 1. The molecule has 0 saturated heterocycles. The number of nitrogens with one attached hydrogen (secondary N) is 1. The molecule has 1 aliphatic carbocycles. The Labute approximate surface area is 117 Å². The van der Waals surface area contributed by atoms with Crippen molar-refractivity contribution in [1.29, 1.82) is 0 Å². The van der Waals surface area contributed by atoms with Gasteiger partial charge in [-0.15, -0.1) is 0 Å². The molecule has 4 nitrogen and oxygen atoms in total. The van der Waals surface area contributed by atoms with Gasteiger partial charge in [0.25, 0.3) is 0 Å². The topological polar surface area (TPSA) is 42.7 Å². The molecule has 1 heterocycles. The van der Waals surface area contributed by atoms with Crippen LogP contribution in [0.3, 0.4) is 0 Å². The first-order chi connectivity index (χ1) is 9.05. The van der Waals surface area contributed by atoms with E-state index in [2.05, 4.69) is 43.2 Å². The molecule has 2 rings (SSSR count). The van der Waals surface area contributed by atoms with Crippen LogP contribution in [0.1, 0.15) is 45.9 Å². The Balaban J connectivity index is 2.09. The van der Waals surface area contributed by atoms with E-state index < -0.39 is 0 Å². The normalized spacial score (nSPS) is 26.5. The SMILES string of the molecule is CCn1ncnc1CC1CC(C)(C)CCC1CNC. The molecule has 19 heavy (non-hydrogen) atoms. The van der Waals surface area contributed by atoms with Crippen LogP contribution in [0.5, 0.6) is 0 Å². The maximum absolute atomic E-state index is 4.45.